The van der Waals surface area contributed by atoms with E-state index in [1.807, 2.05) is 6.92 Å². The largest absolute Gasteiger partial charge is 0.466 e. The Morgan fingerprint density at radius 2 is 1.86 bits per heavy atom. The van der Waals surface area contributed by atoms with Crippen LogP contribution in [0.5, 0.6) is 0 Å². The summed E-state index contributed by atoms with van der Waals surface area (Å²) in [4.78, 5) is 50.3. The van der Waals surface area contributed by atoms with Crippen molar-refractivity contribution in [1.29, 1.82) is 0 Å². The minimum absolute atomic E-state index is 0.0341. The van der Waals surface area contributed by atoms with Crippen LogP contribution in [0.1, 0.15) is 79.6 Å². The molecule has 10 atom stereocenters. The fourth-order valence-electron chi connectivity index (χ4n) is 9.72. The maximum atomic E-state index is 14.1. The van der Waals surface area contributed by atoms with E-state index >= 15 is 0 Å². The summed E-state index contributed by atoms with van der Waals surface area (Å²) in [6.45, 7) is 13.1. The fraction of sp³-hybridized carbons (Fsp3) is 0.697. The molecule has 6 aliphatic rings. The standard InChI is InChI=1S/C33H42O9/c1-16-11-25-22(17(2)29(36)41-25)13-23-18(3)27-28(40-20(5)35)32(16,23)15-33(27)24-12-21(9-7-8-10-39-19(4)34)31(6,38)14-26(24)42-30(33)37/h12,16,22,24-28,38H,2,7-11,13-15H2,1,3-6H3. The number of carbonyl (C=O) groups excluding carboxylic acids is 4. The normalized spacial score (nSPS) is 43.3. The fourth-order valence-corrected chi connectivity index (χ4v) is 9.72. The second-order valence-electron chi connectivity index (χ2n) is 13.8. The van der Waals surface area contributed by atoms with Crippen molar-refractivity contribution in [2.45, 2.75) is 103 Å². The Morgan fingerprint density at radius 1 is 1.12 bits per heavy atom. The number of esters is 4. The molecule has 9 heteroatoms. The minimum atomic E-state index is -1.13. The quantitative estimate of drug-likeness (QED) is 0.162. The molecule has 1 N–H and O–H groups in total. The van der Waals surface area contributed by atoms with Crippen molar-refractivity contribution in [3.05, 3.63) is 34.9 Å². The van der Waals surface area contributed by atoms with Crippen molar-refractivity contribution >= 4 is 23.9 Å². The number of rotatable bonds is 6. The zero-order valence-corrected chi connectivity index (χ0v) is 25.2. The lowest BCUT2D eigenvalue weighted by molar-refractivity contribution is -0.156. The molecule has 2 heterocycles. The van der Waals surface area contributed by atoms with Crippen molar-refractivity contribution in [2.75, 3.05) is 6.61 Å². The molecule has 10 unspecified atom stereocenters. The van der Waals surface area contributed by atoms with E-state index in [2.05, 4.69) is 19.6 Å². The van der Waals surface area contributed by atoms with Gasteiger partial charge in [-0.1, -0.05) is 30.7 Å². The summed E-state index contributed by atoms with van der Waals surface area (Å²) in [5, 5.41) is 11.4. The molecular weight excluding hydrogens is 540 g/mol. The average molecular weight is 583 g/mol. The summed E-state index contributed by atoms with van der Waals surface area (Å²) in [5.41, 5.74) is 0.899. The van der Waals surface area contributed by atoms with Gasteiger partial charge in [0.25, 0.3) is 0 Å². The Morgan fingerprint density at radius 3 is 2.55 bits per heavy atom. The van der Waals surface area contributed by atoms with E-state index in [1.165, 1.54) is 13.8 Å². The highest BCUT2D eigenvalue weighted by molar-refractivity contribution is 5.91. The maximum Gasteiger partial charge on any atom is 0.334 e. The number of carbonyl (C=O) groups is 4. The molecule has 9 nitrogen and oxygen atoms in total. The van der Waals surface area contributed by atoms with Crippen LogP contribution in [-0.2, 0) is 38.1 Å². The van der Waals surface area contributed by atoms with Gasteiger partial charge in [0.2, 0.25) is 0 Å². The predicted molar refractivity (Wildman–Crippen MR) is 149 cm³/mol. The van der Waals surface area contributed by atoms with Crippen molar-refractivity contribution in [3.8, 4) is 0 Å². The Labute approximate surface area is 246 Å². The highest BCUT2D eigenvalue weighted by atomic mass is 16.6. The van der Waals surface area contributed by atoms with Crippen molar-refractivity contribution in [1.82, 2.24) is 0 Å². The summed E-state index contributed by atoms with van der Waals surface area (Å²) < 4.78 is 23.1. The molecule has 4 aliphatic carbocycles. The topological polar surface area (TPSA) is 125 Å². The number of aliphatic hydroxyl groups is 1. The van der Waals surface area contributed by atoms with Crippen molar-refractivity contribution in [2.24, 2.45) is 34.5 Å². The molecule has 0 aromatic heterocycles. The first kappa shape index (κ1) is 29.1. The van der Waals surface area contributed by atoms with Crippen LogP contribution in [0.25, 0.3) is 0 Å². The molecule has 4 fully saturated rings. The lowest BCUT2D eigenvalue weighted by Gasteiger charge is -2.44. The SMILES string of the molecule is C=C1C(=O)OC2CC(C)C34CC5(C(=O)OC6CC(C)(O)C(CCCCOC(C)=O)=CC65)C(C(C)=C3CC12)C4OC(C)=O. The number of fused-ring (bicyclic) bond motifs is 5. The molecule has 0 radical (unpaired) electrons. The summed E-state index contributed by atoms with van der Waals surface area (Å²) in [6.07, 6.45) is 4.73. The van der Waals surface area contributed by atoms with E-state index in [9.17, 15) is 24.3 Å². The monoisotopic (exact) mass is 582 g/mol. The molecule has 2 bridgehead atoms. The summed E-state index contributed by atoms with van der Waals surface area (Å²) in [7, 11) is 0. The van der Waals surface area contributed by atoms with Gasteiger partial charge in [-0.15, -0.1) is 0 Å². The summed E-state index contributed by atoms with van der Waals surface area (Å²) in [5.74, 6) is -2.15. The highest BCUT2D eigenvalue weighted by Crippen LogP contribution is 2.75. The molecule has 228 valence electrons. The first-order chi connectivity index (χ1) is 19.7. The van der Waals surface area contributed by atoms with Gasteiger partial charge in [0, 0.05) is 49.0 Å². The molecule has 0 aromatic carbocycles. The Hall–Kier alpha value is -2.94. The van der Waals surface area contributed by atoms with Gasteiger partial charge in [0.05, 0.1) is 17.6 Å². The lowest BCUT2D eigenvalue weighted by atomic mass is 9.57. The molecule has 0 amide bonds. The number of hydrogen-bond donors (Lipinski definition) is 1. The first-order valence-corrected chi connectivity index (χ1v) is 15.3. The molecule has 2 saturated heterocycles. The van der Waals surface area contributed by atoms with Gasteiger partial charge in [0.1, 0.15) is 18.3 Å². The summed E-state index contributed by atoms with van der Waals surface area (Å²) >= 11 is 0. The van der Waals surface area contributed by atoms with Crippen LogP contribution in [-0.4, -0.2) is 59.5 Å². The maximum absolute atomic E-state index is 14.1. The van der Waals surface area contributed by atoms with E-state index in [4.69, 9.17) is 18.9 Å². The van der Waals surface area contributed by atoms with E-state index in [0.717, 1.165) is 23.1 Å². The van der Waals surface area contributed by atoms with E-state index in [0.29, 0.717) is 50.7 Å². The Bertz CT molecular complexity index is 1320. The van der Waals surface area contributed by atoms with Gasteiger partial charge >= 0.3 is 23.9 Å². The molecule has 42 heavy (non-hydrogen) atoms. The van der Waals surface area contributed by atoms with Crippen molar-refractivity contribution < 1.29 is 43.2 Å². The minimum Gasteiger partial charge on any atom is -0.466 e. The van der Waals surface area contributed by atoms with Crippen LogP contribution < -0.4 is 0 Å². The van der Waals surface area contributed by atoms with Gasteiger partial charge < -0.3 is 24.1 Å². The molecule has 0 aromatic rings. The van der Waals surface area contributed by atoms with Gasteiger partial charge in [-0.25, -0.2) is 4.79 Å². The van der Waals surface area contributed by atoms with Crippen LogP contribution in [0, 0.1) is 34.5 Å². The van der Waals surface area contributed by atoms with Gasteiger partial charge in [0.15, 0.2) is 0 Å². The number of hydrogen-bond acceptors (Lipinski definition) is 9. The van der Waals surface area contributed by atoms with Gasteiger partial charge in [-0.3, -0.25) is 14.4 Å². The van der Waals surface area contributed by atoms with Crippen LogP contribution >= 0.6 is 0 Å². The van der Waals surface area contributed by atoms with Crippen LogP contribution in [0.15, 0.2) is 34.9 Å². The van der Waals surface area contributed by atoms with Crippen LogP contribution in [0.3, 0.4) is 0 Å². The van der Waals surface area contributed by atoms with Crippen LogP contribution in [0.2, 0.25) is 0 Å². The Kier molecular flexibility index (Phi) is 6.80. The first-order valence-electron chi connectivity index (χ1n) is 15.3. The zero-order valence-electron chi connectivity index (χ0n) is 25.2. The van der Waals surface area contributed by atoms with E-state index < -0.39 is 28.6 Å². The van der Waals surface area contributed by atoms with E-state index in [1.54, 1.807) is 6.92 Å². The third-order valence-corrected chi connectivity index (χ3v) is 11.5. The Balaban J connectivity index is 1.40. The zero-order chi connectivity index (χ0) is 30.4. The van der Waals surface area contributed by atoms with Gasteiger partial charge in [-0.2, -0.15) is 0 Å². The van der Waals surface area contributed by atoms with E-state index in [-0.39, 0.29) is 53.7 Å². The molecule has 2 saturated carbocycles. The second-order valence-corrected chi connectivity index (χ2v) is 13.8. The second kappa shape index (κ2) is 9.79. The van der Waals surface area contributed by atoms with Crippen molar-refractivity contribution in [3.63, 3.8) is 0 Å². The van der Waals surface area contributed by atoms with Crippen LogP contribution in [0.4, 0.5) is 0 Å². The highest BCUT2D eigenvalue weighted by Gasteiger charge is 2.78. The molecular formula is C33H42O9. The number of unbranched alkanes of at least 4 members (excludes halogenated alkanes) is 1. The number of ether oxygens (including phenoxy) is 4. The molecule has 6 rings (SSSR count). The molecule has 2 spiro atoms. The third-order valence-electron chi connectivity index (χ3n) is 11.5. The van der Waals surface area contributed by atoms with Gasteiger partial charge in [-0.05, 0) is 63.9 Å². The third kappa shape index (κ3) is 3.98. The molecule has 2 aliphatic heterocycles. The lowest BCUT2D eigenvalue weighted by Crippen LogP contribution is -2.46. The summed E-state index contributed by atoms with van der Waals surface area (Å²) in [6, 6.07) is 0. The average Bonchev–Trinajstić information content (AvgIpc) is 3.46. The predicted octanol–water partition coefficient (Wildman–Crippen LogP) is 4.12. The smallest absolute Gasteiger partial charge is 0.334 e.